The van der Waals surface area contributed by atoms with Crippen LogP contribution in [-0.2, 0) is 22.6 Å². The molecule has 0 bridgehead atoms. The van der Waals surface area contributed by atoms with E-state index in [1.165, 1.54) is 0 Å². The first kappa shape index (κ1) is 17.0. The molecule has 0 fully saturated rings. The Morgan fingerprint density at radius 3 is 2.75 bits per heavy atom. The van der Waals surface area contributed by atoms with Gasteiger partial charge in [0.15, 0.2) is 5.16 Å². The number of thioether (sulfide) groups is 1. The van der Waals surface area contributed by atoms with Gasteiger partial charge in [0.25, 0.3) is 0 Å². The number of aromatic nitrogens is 3. The lowest BCUT2D eigenvalue weighted by molar-refractivity contribution is -0.143. The summed E-state index contributed by atoms with van der Waals surface area (Å²) in [7, 11) is 0. The summed E-state index contributed by atoms with van der Waals surface area (Å²) in [5.41, 5.74) is 5.61. The summed E-state index contributed by atoms with van der Waals surface area (Å²) in [6.07, 6.45) is 3.48. The number of hydrogen-bond acceptors (Lipinski definition) is 6. The van der Waals surface area contributed by atoms with E-state index in [9.17, 15) is 4.79 Å². The summed E-state index contributed by atoms with van der Waals surface area (Å²) in [6, 6.07) is 0. The maximum absolute atomic E-state index is 11.2. The second-order valence-electron chi connectivity index (χ2n) is 4.31. The molecule has 1 aromatic heterocycles. The van der Waals surface area contributed by atoms with Gasteiger partial charge in [0.1, 0.15) is 5.82 Å². The molecule has 0 amide bonds. The molecule has 1 aromatic rings. The third-order valence-electron chi connectivity index (χ3n) is 2.85. The van der Waals surface area contributed by atoms with Crippen molar-refractivity contribution in [3.05, 3.63) is 5.82 Å². The van der Waals surface area contributed by atoms with E-state index in [0.717, 1.165) is 42.5 Å². The van der Waals surface area contributed by atoms with Crippen LogP contribution in [0, 0.1) is 0 Å². The lowest BCUT2D eigenvalue weighted by atomic mass is 10.2. The van der Waals surface area contributed by atoms with E-state index in [0.29, 0.717) is 19.6 Å². The van der Waals surface area contributed by atoms with Crippen molar-refractivity contribution in [2.45, 2.75) is 57.8 Å². The van der Waals surface area contributed by atoms with E-state index in [-0.39, 0.29) is 5.97 Å². The molecule has 114 valence electrons. The highest BCUT2D eigenvalue weighted by Gasteiger charge is 2.09. The van der Waals surface area contributed by atoms with E-state index in [1.54, 1.807) is 11.8 Å². The van der Waals surface area contributed by atoms with Crippen LogP contribution in [0.4, 0.5) is 0 Å². The van der Waals surface area contributed by atoms with Crippen molar-refractivity contribution in [2.24, 2.45) is 5.73 Å². The summed E-state index contributed by atoms with van der Waals surface area (Å²) < 4.78 is 6.93. The van der Waals surface area contributed by atoms with Crippen LogP contribution in [0.15, 0.2) is 5.16 Å². The second kappa shape index (κ2) is 9.77. The highest BCUT2D eigenvalue weighted by molar-refractivity contribution is 7.99. The number of nitrogens with two attached hydrogens (primary N) is 1. The third kappa shape index (κ3) is 5.50. The second-order valence-corrected chi connectivity index (χ2v) is 5.37. The van der Waals surface area contributed by atoms with Gasteiger partial charge in [-0.15, -0.1) is 10.2 Å². The molecule has 6 nitrogen and oxygen atoms in total. The standard InChI is InChI=1S/C13H24N4O2S/c1-3-17-11(10-14)15-16-13(17)20-9-7-5-6-8-12(18)19-4-2/h3-10,14H2,1-2H3. The van der Waals surface area contributed by atoms with Crippen LogP contribution in [0.1, 0.15) is 45.4 Å². The lowest BCUT2D eigenvalue weighted by Gasteiger charge is -2.05. The first-order valence-corrected chi connectivity index (χ1v) is 8.12. The molecule has 0 aliphatic rings. The van der Waals surface area contributed by atoms with Crippen LogP contribution in [0.3, 0.4) is 0 Å². The van der Waals surface area contributed by atoms with Crippen molar-refractivity contribution in [1.29, 1.82) is 0 Å². The number of hydrogen-bond donors (Lipinski definition) is 1. The fraction of sp³-hybridized carbons (Fsp3) is 0.769. The van der Waals surface area contributed by atoms with Gasteiger partial charge in [-0.25, -0.2) is 0 Å². The summed E-state index contributed by atoms with van der Waals surface area (Å²) in [5, 5.41) is 9.15. The molecule has 1 heterocycles. The Labute approximate surface area is 124 Å². The van der Waals surface area contributed by atoms with Gasteiger partial charge in [-0.1, -0.05) is 18.2 Å². The Hall–Kier alpha value is -1.08. The number of nitrogens with zero attached hydrogens (tertiary/aromatic N) is 3. The molecule has 20 heavy (non-hydrogen) atoms. The predicted octanol–water partition coefficient (Wildman–Crippen LogP) is 1.97. The first-order chi connectivity index (χ1) is 9.72. The van der Waals surface area contributed by atoms with Gasteiger partial charge in [-0.05, 0) is 26.7 Å². The van der Waals surface area contributed by atoms with Gasteiger partial charge in [-0.3, -0.25) is 4.79 Å². The Balaban J connectivity index is 2.18. The molecule has 0 radical (unpaired) electrons. The van der Waals surface area contributed by atoms with Crippen LogP contribution in [0.25, 0.3) is 0 Å². The zero-order chi connectivity index (χ0) is 14.8. The third-order valence-corrected chi connectivity index (χ3v) is 3.91. The molecule has 0 aliphatic heterocycles. The van der Waals surface area contributed by atoms with E-state index in [1.807, 2.05) is 11.5 Å². The maximum Gasteiger partial charge on any atom is 0.305 e. The average Bonchev–Trinajstić information content (AvgIpc) is 2.84. The van der Waals surface area contributed by atoms with Crippen molar-refractivity contribution >= 4 is 17.7 Å². The quantitative estimate of drug-likeness (QED) is 0.404. The predicted molar refractivity (Wildman–Crippen MR) is 79.4 cm³/mol. The SMILES string of the molecule is CCOC(=O)CCCCCSc1nnc(CN)n1CC. The average molecular weight is 300 g/mol. The Morgan fingerprint density at radius 1 is 1.30 bits per heavy atom. The van der Waals surface area contributed by atoms with Gasteiger partial charge < -0.3 is 15.0 Å². The van der Waals surface area contributed by atoms with Gasteiger partial charge in [-0.2, -0.15) is 0 Å². The highest BCUT2D eigenvalue weighted by atomic mass is 32.2. The molecule has 0 atom stereocenters. The molecule has 0 aromatic carbocycles. The van der Waals surface area contributed by atoms with E-state index >= 15 is 0 Å². The molecule has 2 N–H and O–H groups in total. The monoisotopic (exact) mass is 300 g/mol. The van der Waals surface area contributed by atoms with E-state index in [2.05, 4.69) is 17.1 Å². The minimum absolute atomic E-state index is 0.0986. The van der Waals surface area contributed by atoms with Gasteiger partial charge in [0.05, 0.1) is 13.2 Å². The van der Waals surface area contributed by atoms with Crippen molar-refractivity contribution in [3.8, 4) is 0 Å². The van der Waals surface area contributed by atoms with E-state index < -0.39 is 0 Å². The number of carbonyl (C=O) groups is 1. The summed E-state index contributed by atoms with van der Waals surface area (Å²) in [6.45, 7) is 5.61. The first-order valence-electron chi connectivity index (χ1n) is 7.13. The fourth-order valence-electron chi connectivity index (χ4n) is 1.84. The van der Waals surface area contributed by atoms with Crippen molar-refractivity contribution < 1.29 is 9.53 Å². The maximum atomic E-state index is 11.2. The number of rotatable bonds is 10. The van der Waals surface area contributed by atoms with Crippen LogP contribution in [0.2, 0.25) is 0 Å². The van der Waals surface area contributed by atoms with Crippen molar-refractivity contribution in [3.63, 3.8) is 0 Å². The van der Waals surface area contributed by atoms with Crippen LogP contribution in [0.5, 0.6) is 0 Å². The number of ether oxygens (including phenoxy) is 1. The van der Waals surface area contributed by atoms with Gasteiger partial charge in [0.2, 0.25) is 0 Å². The van der Waals surface area contributed by atoms with Gasteiger partial charge >= 0.3 is 5.97 Å². The van der Waals surface area contributed by atoms with Gasteiger partial charge in [0, 0.05) is 18.7 Å². The van der Waals surface area contributed by atoms with E-state index in [4.69, 9.17) is 10.5 Å². The molecular weight excluding hydrogens is 276 g/mol. The molecule has 1 rings (SSSR count). The fourth-order valence-corrected chi connectivity index (χ4v) is 2.86. The zero-order valence-corrected chi connectivity index (χ0v) is 13.1. The number of esters is 1. The summed E-state index contributed by atoms with van der Waals surface area (Å²) in [5.74, 6) is 1.71. The molecule has 0 unspecified atom stereocenters. The number of unbranched alkanes of at least 4 members (excludes halogenated alkanes) is 2. The Morgan fingerprint density at radius 2 is 2.10 bits per heavy atom. The van der Waals surface area contributed by atoms with Crippen molar-refractivity contribution in [1.82, 2.24) is 14.8 Å². The summed E-state index contributed by atoms with van der Waals surface area (Å²) >= 11 is 1.69. The summed E-state index contributed by atoms with van der Waals surface area (Å²) in [4.78, 5) is 11.2. The zero-order valence-electron chi connectivity index (χ0n) is 12.3. The van der Waals surface area contributed by atoms with Crippen molar-refractivity contribution in [2.75, 3.05) is 12.4 Å². The van der Waals surface area contributed by atoms with Crippen LogP contribution < -0.4 is 5.73 Å². The Bertz CT molecular complexity index is 409. The molecule has 7 heteroatoms. The largest absolute Gasteiger partial charge is 0.466 e. The Kier molecular flexibility index (Phi) is 8.29. The smallest absolute Gasteiger partial charge is 0.305 e. The molecule has 0 saturated heterocycles. The normalized spacial score (nSPS) is 10.8. The van der Waals surface area contributed by atoms with Crippen LogP contribution in [-0.4, -0.2) is 33.1 Å². The number of carbonyl (C=O) groups excluding carboxylic acids is 1. The lowest BCUT2D eigenvalue weighted by Crippen LogP contribution is -2.08. The minimum atomic E-state index is -0.0986. The molecule has 0 aliphatic carbocycles. The highest BCUT2D eigenvalue weighted by Crippen LogP contribution is 2.19. The van der Waals surface area contributed by atoms with Crippen LogP contribution >= 0.6 is 11.8 Å². The topological polar surface area (TPSA) is 83.0 Å². The molecule has 0 saturated carbocycles. The molecular formula is C13H24N4O2S. The minimum Gasteiger partial charge on any atom is -0.466 e. The molecule has 0 spiro atoms.